The number of hydrogen-bond donors (Lipinski definition) is 1. The molecular weight excluding hydrogens is 270 g/mol. The third kappa shape index (κ3) is 4.91. The molecule has 1 heterocycles. The first-order chi connectivity index (χ1) is 9.79. The molecule has 1 atom stereocenters. The number of thioether (sulfide) groups is 1. The topological polar surface area (TPSA) is 30.5 Å². The van der Waals surface area contributed by atoms with Crippen molar-refractivity contribution in [2.75, 3.05) is 25.5 Å². The molecule has 20 heavy (non-hydrogen) atoms. The summed E-state index contributed by atoms with van der Waals surface area (Å²) >= 11 is 1.86. The number of fused-ring (bicyclic) bond motifs is 1. The molecule has 0 saturated carbocycles. The molecule has 0 spiro atoms. The van der Waals surface area contributed by atoms with Crippen LogP contribution < -0.4 is 14.8 Å². The van der Waals surface area contributed by atoms with Gasteiger partial charge in [-0.3, -0.25) is 0 Å². The average Bonchev–Trinajstić information content (AvgIpc) is 2.68. The van der Waals surface area contributed by atoms with Crippen molar-refractivity contribution in [3.8, 4) is 11.5 Å². The van der Waals surface area contributed by atoms with E-state index in [0.717, 1.165) is 43.4 Å². The molecule has 1 aliphatic heterocycles. The van der Waals surface area contributed by atoms with Crippen molar-refractivity contribution in [3.05, 3.63) is 18.2 Å². The monoisotopic (exact) mass is 295 g/mol. The molecule has 0 amide bonds. The van der Waals surface area contributed by atoms with Crippen LogP contribution in [0, 0.1) is 0 Å². The minimum atomic E-state index is 0.615. The Morgan fingerprint density at radius 1 is 1.25 bits per heavy atom. The Bertz CT molecular complexity index is 411. The summed E-state index contributed by atoms with van der Waals surface area (Å²) in [7, 11) is 0. The molecule has 2 rings (SSSR count). The van der Waals surface area contributed by atoms with E-state index < -0.39 is 0 Å². The van der Waals surface area contributed by atoms with Crippen LogP contribution in [-0.4, -0.2) is 31.6 Å². The Morgan fingerprint density at radius 2 is 2.05 bits per heavy atom. The van der Waals surface area contributed by atoms with Crippen molar-refractivity contribution in [1.29, 1.82) is 0 Å². The Kier molecular flexibility index (Phi) is 6.54. The van der Waals surface area contributed by atoms with E-state index in [1.54, 1.807) is 0 Å². The molecule has 1 unspecified atom stereocenters. The zero-order valence-corrected chi connectivity index (χ0v) is 13.3. The smallest absolute Gasteiger partial charge is 0.162 e. The zero-order chi connectivity index (χ0) is 14.2. The Hall–Kier alpha value is -0.870. The molecular formula is C16H25NO2S. The lowest BCUT2D eigenvalue weighted by atomic mass is 10.2. The van der Waals surface area contributed by atoms with Crippen molar-refractivity contribution in [1.82, 2.24) is 5.32 Å². The summed E-state index contributed by atoms with van der Waals surface area (Å²) < 4.78 is 11.4. The highest BCUT2D eigenvalue weighted by Crippen LogP contribution is 2.33. The summed E-state index contributed by atoms with van der Waals surface area (Å²) in [5.74, 6) is 2.84. The molecule has 0 radical (unpaired) electrons. The molecule has 0 aromatic heterocycles. The number of rotatable bonds is 7. The maximum Gasteiger partial charge on any atom is 0.162 e. The van der Waals surface area contributed by atoms with Gasteiger partial charge in [0.15, 0.2) is 11.5 Å². The van der Waals surface area contributed by atoms with Gasteiger partial charge in [0, 0.05) is 29.7 Å². The maximum atomic E-state index is 5.71. The number of hydrogen-bond acceptors (Lipinski definition) is 4. The predicted molar refractivity (Wildman–Crippen MR) is 85.1 cm³/mol. The van der Waals surface area contributed by atoms with Gasteiger partial charge in [-0.05, 0) is 31.5 Å². The summed E-state index contributed by atoms with van der Waals surface area (Å²) in [4.78, 5) is 1.25. The summed E-state index contributed by atoms with van der Waals surface area (Å²) in [5.41, 5.74) is 0. The van der Waals surface area contributed by atoms with Gasteiger partial charge in [0.2, 0.25) is 0 Å². The predicted octanol–water partition coefficient (Wildman–Crippen LogP) is 3.72. The highest BCUT2D eigenvalue weighted by Gasteiger charge is 2.10. The van der Waals surface area contributed by atoms with Crippen LogP contribution in [0.2, 0.25) is 0 Å². The van der Waals surface area contributed by atoms with E-state index in [4.69, 9.17) is 9.47 Å². The highest BCUT2D eigenvalue weighted by molar-refractivity contribution is 7.99. The van der Waals surface area contributed by atoms with Crippen LogP contribution in [0.4, 0.5) is 0 Å². The third-order valence-electron chi connectivity index (χ3n) is 3.30. The molecule has 1 N–H and O–H groups in total. The SMILES string of the molecule is CCCC(C)NCCSc1ccc2c(c1)OCCCO2. The quantitative estimate of drug-likeness (QED) is 0.613. The van der Waals surface area contributed by atoms with Crippen LogP contribution in [0.1, 0.15) is 33.1 Å². The fourth-order valence-corrected chi connectivity index (χ4v) is 3.05. The van der Waals surface area contributed by atoms with Crippen LogP contribution >= 0.6 is 11.8 Å². The van der Waals surface area contributed by atoms with E-state index in [9.17, 15) is 0 Å². The van der Waals surface area contributed by atoms with Crippen LogP contribution in [0.25, 0.3) is 0 Å². The minimum absolute atomic E-state index is 0.615. The summed E-state index contributed by atoms with van der Waals surface area (Å²) in [5, 5.41) is 3.55. The standard InChI is InChI=1S/C16H25NO2S/c1-3-5-13(2)17-8-11-20-14-6-7-15-16(12-14)19-10-4-9-18-15/h6-7,12-13,17H,3-5,8-11H2,1-2H3. The van der Waals surface area contributed by atoms with E-state index in [2.05, 4.69) is 31.3 Å². The van der Waals surface area contributed by atoms with Gasteiger partial charge >= 0.3 is 0 Å². The van der Waals surface area contributed by atoms with Gasteiger partial charge in [0.25, 0.3) is 0 Å². The fraction of sp³-hybridized carbons (Fsp3) is 0.625. The van der Waals surface area contributed by atoms with Crippen molar-refractivity contribution >= 4 is 11.8 Å². The van der Waals surface area contributed by atoms with Gasteiger partial charge < -0.3 is 14.8 Å². The molecule has 0 fully saturated rings. The second-order valence-corrected chi connectivity index (χ2v) is 6.32. The van der Waals surface area contributed by atoms with E-state index in [0.29, 0.717) is 6.04 Å². The Balaban J connectivity index is 1.77. The number of nitrogens with one attached hydrogen (secondary N) is 1. The third-order valence-corrected chi connectivity index (χ3v) is 4.30. The first-order valence-corrected chi connectivity index (χ1v) is 8.54. The second-order valence-electron chi connectivity index (χ2n) is 5.15. The van der Waals surface area contributed by atoms with Crippen LogP contribution in [0.15, 0.2) is 23.1 Å². The van der Waals surface area contributed by atoms with Gasteiger partial charge in [0.1, 0.15) is 0 Å². The molecule has 4 heteroatoms. The first kappa shape index (κ1) is 15.5. The van der Waals surface area contributed by atoms with Crippen molar-refractivity contribution in [2.24, 2.45) is 0 Å². The number of ether oxygens (including phenoxy) is 2. The zero-order valence-electron chi connectivity index (χ0n) is 12.5. The van der Waals surface area contributed by atoms with E-state index in [-0.39, 0.29) is 0 Å². The second kappa shape index (κ2) is 8.42. The summed E-state index contributed by atoms with van der Waals surface area (Å²) in [6.45, 7) is 7.02. The van der Waals surface area contributed by atoms with Crippen LogP contribution in [-0.2, 0) is 0 Å². The number of benzene rings is 1. The van der Waals surface area contributed by atoms with Crippen LogP contribution in [0.3, 0.4) is 0 Å². The molecule has 3 nitrogen and oxygen atoms in total. The van der Waals surface area contributed by atoms with E-state index in [1.807, 2.05) is 17.8 Å². The minimum Gasteiger partial charge on any atom is -0.490 e. The lowest BCUT2D eigenvalue weighted by Crippen LogP contribution is -2.27. The van der Waals surface area contributed by atoms with E-state index >= 15 is 0 Å². The Morgan fingerprint density at radius 3 is 2.85 bits per heavy atom. The lowest BCUT2D eigenvalue weighted by Gasteiger charge is -2.12. The lowest BCUT2D eigenvalue weighted by molar-refractivity contribution is 0.297. The molecule has 112 valence electrons. The van der Waals surface area contributed by atoms with Gasteiger partial charge in [-0.15, -0.1) is 11.8 Å². The normalized spacial score (nSPS) is 15.7. The summed E-state index contributed by atoms with van der Waals surface area (Å²) in [6.07, 6.45) is 3.44. The van der Waals surface area contributed by atoms with Gasteiger partial charge in [0.05, 0.1) is 13.2 Å². The highest BCUT2D eigenvalue weighted by atomic mass is 32.2. The van der Waals surface area contributed by atoms with Gasteiger partial charge in [-0.1, -0.05) is 13.3 Å². The first-order valence-electron chi connectivity index (χ1n) is 7.55. The van der Waals surface area contributed by atoms with Gasteiger partial charge in [-0.25, -0.2) is 0 Å². The van der Waals surface area contributed by atoms with Crippen molar-refractivity contribution in [2.45, 2.75) is 44.0 Å². The average molecular weight is 295 g/mol. The maximum absolute atomic E-state index is 5.71. The fourth-order valence-electron chi connectivity index (χ4n) is 2.24. The van der Waals surface area contributed by atoms with E-state index in [1.165, 1.54) is 17.7 Å². The molecule has 0 bridgehead atoms. The van der Waals surface area contributed by atoms with Gasteiger partial charge in [-0.2, -0.15) is 0 Å². The largest absolute Gasteiger partial charge is 0.490 e. The summed E-state index contributed by atoms with van der Waals surface area (Å²) in [6, 6.07) is 6.86. The molecule has 1 aromatic carbocycles. The Labute approximate surface area is 126 Å². The molecule has 0 aliphatic carbocycles. The van der Waals surface area contributed by atoms with Crippen molar-refractivity contribution < 1.29 is 9.47 Å². The van der Waals surface area contributed by atoms with Crippen molar-refractivity contribution in [3.63, 3.8) is 0 Å². The molecule has 1 aromatic rings. The van der Waals surface area contributed by atoms with Crippen LogP contribution in [0.5, 0.6) is 11.5 Å². The molecule has 1 aliphatic rings. The molecule has 0 saturated heterocycles.